The Morgan fingerprint density at radius 3 is 2.02 bits per heavy atom. The fourth-order valence-corrected chi connectivity index (χ4v) is 14.1. The zero-order valence-corrected chi connectivity index (χ0v) is 36.6. The highest BCUT2D eigenvalue weighted by Gasteiger charge is 2.69. The summed E-state index contributed by atoms with van der Waals surface area (Å²) in [6.45, 7) is 10.6. The van der Waals surface area contributed by atoms with Gasteiger partial charge in [0, 0.05) is 12.3 Å². The summed E-state index contributed by atoms with van der Waals surface area (Å²) in [7, 11) is 0. The van der Waals surface area contributed by atoms with Crippen molar-refractivity contribution in [2.24, 2.45) is 46.3 Å². The van der Waals surface area contributed by atoms with E-state index in [9.17, 15) is 46.0 Å². The van der Waals surface area contributed by atoms with Crippen molar-refractivity contribution >= 4 is 0 Å². The van der Waals surface area contributed by atoms with Crippen molar-refractivity contribution in [2.45, 2.75) is 203 Å². The van der Waals surface area contributed by atoms with E-state index in [2.05, 4.69) is 33.8 Å². The summed E-state index contributed by atoms with van der Waals surface area (Å²) in [6, 6.07) is 0. The Morgan fingerprint density at radius 1 is 0.677 bits per heavy atom. The first-order valence-electron chi connectivity index (χ1n) is 23.4. The van der Waals surface area contributed by atoms with Crippen molar-refractivity contribution in [2.75, 3.05) is 19.8 Å². The lowest BCUT2D eigenvalue weighted by atomic mass is 9.47. The van der Waals surface area contributed by atoms with E-state index in [0.29, 0.717) is 41.9 Å². The molecule has 9 aliphatic rings. The van der Waals surface area contributed by atoms with E-state index in [1.807, 2.05) is 0 Å². The number of aliphatic hydroxyl groups is 9. The van der Waals surface area contributed by atoms with E-state index >= 15 is 0 Å². The number of hydrogen-bond donors (Lipinski definition) is 9. The Labute approximate surface area is 363 Å². The maximum absolute atomic E-state index is 11.4. The smallest absolute Gasteiger partial charge is 0.187 e. The molecule has 1 spiro atoms. The predicted octanol–water partition coefficient (Wildman–Crippen LogP) is 0.214. The molecule has 5 heterocycles. The summed E-state index contributed by atoms with van der Waals surface area (Å²) in [6.07, 6.45) is -11.2. The summed E-state index contributed by atoms with van der Waals surface area (Å²) in [5.74, 6) is 2.77. The molecule has 4 aliphatic carbocycles. The van der Waals surface area contributed by atoms with Gasteiger partial charge in [-0.1, -0.05) is 39.3 Å². The van der Waals surface area contributed by atoms with Crippen molar-refractivity contribution in [1.82, 2.24) is 0 Å². The Morgan fingerprint density at radius 2 is 1.32 bits per heavy atom. The van der Waals surface area contributed by atoms with E-state index in [4.69, 9.17) is 37.9 Å². The topological polar surface area (TPSA) is 256 Å². The lowest BCUT2D eigenvalue weighted by Crippen LogP contribution is -2.66. The monoisotopic (exact) mass is 884 g/mol. The highest BCUT2D eigenvalue weighted by Crippen LogP contribution is 2.70. The number of rotatable bonds is 8. The molecule has 62 heavy (non-hydrogen) atoms. The largest absolute Gasteiger partial charge is 0.394 e. The van der Waals surface area contributed by atoms with Crippen LogP contribution in [-0.2, 0) is 37.9 Å². The molecule has 354 valence electrons. The molecular formula is C45H72O17. The van der Waals surface area contributed by atoms with Crippen molar-refractivity contribution < 1.29 is 83.9 Å². The van der Waals surface area contributed by atoms with Crippen molar-refractivity contribution in [3.05, 3.63) is 11.6 Å². The second-order valence-corrected chi connectivity index (χ2v) is 21.1. The van der Waals surface area contributed by atoms with Gasteiger partial charge in [-0.05, 0) is 98.7 Å². The molecule has 8 fully saturated rings. The Bertz CT molecular complexity index is 1610. The average molecular weight is 885 g/mol. The number of allylic oxidation sites excluding steroid dienone is 1. The molecule has 0 bridgehead atoms. The number of hydrogen-bond acceptors (Lipinski definition) is 17. The standard InChI is InChI=1S/C45H72O17/c1-19-8-13-45(55-18-19)20(2)30-27(62-45)15-26-24-7-6-22-14-23(9-11-43(22,4)25(24)10-12-44(26,30)5)57-41-37(54)34(51)39(29(17-47)59-41)61-40-36(53)33(50)38(21(3)56-40)60-42-35(52)32(49)31(48)28(16-46)58-42/h6,19-21,23-42,46-54H,7-18H2,1-5H3/t19?,20-,21-,23-,24+,25-,26-,27-,28+,29+,30-,31+,32-,33-,34+,35+,36+,37+,38-,39+,40+,41+,42-,43-,44-,45+/m0/s1. The van der Waals surface area contributed by atoms with E-state index in [1.165, 1.54) is 25.3 Å². The van der Waals surface area contributed by atoms with Gasteiger partial charge < -0.3 is 83.9 Å². The van der Waals surface area contributed by atoms with Gasteiger partial charge in [0.1, 0.15) is 67.1 Å². The number of aliphatic hydroxyl groups excluding tert-OH is 9. The second-order valence-electron chi connectivity index (χ2n) is 21.1. The minimum atomic E-state index is -1.80. The van der Waals surface area contributed by atoms with Crippen LogP contribution in [0.2, 0.25) is 0 Å². The molecule has 5 aliphatic heterocycles. The van der Waals surface area contributed by atoms with Crippen LogP contribution < -0.4 is 0 Å². The van der Waals surface area contributed by atoms with E-state index in [1.54, 1.807) is 0 Å². The van der Waals surface area contributed by atoms with Crippen LogP contribution in [0.3, 0.4) is 0 Å². The zero-order chi connectivity index (χ0) is 44.2. The van der Waals surface area contributed by atoms with Gasteiger partial charge in [0.25, 0.3) is 0 Å². The van der Waals surface area contributed by atoms with Gasteiger partial charge in [0.15, 0.2) is 24.7 Å². The molecule has 26 atom stereocenters. The van der Waals surface area contributed by atoms with E-state index in [-0.39, 0.29) is 23.0 Å². The molecule has 3 saturated carbocycles. The van der Waals surface area contributed by atoms with Gasteiger partial charge in [-0.15, -0.1) is 0 Å². The third-order valence-electron chi connectivity index (χ3n) is 17.7. The fourth-order valence-electron chi connectivity index (χ4n) is 14.1. The molecule has 0 aromatic heterocycles. The summed E-state index contributed by atoms with van der Waals surface area (Å²) in [5.41, 5.74) is 1.62. The van der Waals surface area contributed by atoms with Crippen LogP contribution in [0.15, 0.2) is 11.6 Å². The third-order valence-corrected chi connectivity index (χ3v) is 17.7. The molecule has 0 aromatic carbocycles. The summed E-state index contributed by atoms with van der Waals surface area (Å²) in [4.78, 5) is 0. The molecule has 5 saturated heterocycles. The maximum Gasteiger partial charge on any atom is 0.187 e. The maximum atomic E-state index is 11.4. The van der Waals surface area contributed by atoms with Crippen LogP contribution in [0, 0.1) is 46.3 Å². The van der Waals surface area contributed by atoms with Crippen LogP contribution >= 0.6 is 0 Å². The van der Waals surface area contributed by atoms with Gasteiger partial charge in [0.05, 0.1) is 38.1 Å². The average Bonchev–Trinajstić information content (AvgIpc) is 3.70. The SMILES string of the molecule is CC1CC[C@@]2(OC1)O[C@H]1C[C@H]3[C@@H]4CC=C5C[C@@H](O[C@@H]6O[C@H](CO)[C@@H](O[C@H]7O[C@@H](C)[C@H](O[C@@H]8O[C@H](CO)[C@@H](O)[C@H](O)[C@H]8O)[C@@H](O)[C@H]7O)[C@H](O)[C@H]6O)CC[C@]5(C)[C@H]4CC[C@]3(C)[C@H]1[C@@H]2C. The molecule has 17 heteroatoms. The quantitative estimate of drug-likeness (QED) is 0.148. The normalized spacial score (nSPS) is 57.6. The molecule has 0 amide bonds. The van der Waals surface area contributed by atoms with Crippen molar-refractivity contribution in [3.63, 3.8) is 0 Å². The summed E-state index contributed by atoms with van der Waals surface area (Å²) < 4.78 is 48.8. The van der Waals surface area contributed by atoms with Gasteiger partial charge in [-0.3, -0.25) is 0 Å². The Kier molecular flexibility index (Phi) is 12.9. The summed E-state index contributed by atoms with van der Waals surface area (Å²) >= 11 is 0. The van der Waals surface area contributed by atoms with Gasteiger partial charge in [0.2, 0.25) is 0 Å². The van der Waals surface area contributed by atoms with E-state index < -0.39 is 111 Å². The fraction of sp³-hybridized carbons (Fsp3) is 0.956. The van der Waals surface area contributed by atoms with Crippen LogP contribution in [-0.4, -0.2) is 176 Å². The van der Waals surface area contributed by atoms with Crippen LogP contribution in [0.1, 0.15) is 92.4 Å². The zero-order valence-electron chi connectivity index (χ0n) is 36.6. The van der Waals surface area contributed by atoms with Gasteiger partial charge in [-0.2, -0.15) is 0 Å². The minimum Gasteiger partial charge on any atom is -0.394 e. The lowest BCUT2D eigenvalue weighted by molar-refractivity contribution is -0.377. The molecule has 0 radical (unpaired) electrons. The predicted molar refractivity (Wildman–Crippen MR) is 214 cm³/mol. The van der Waals surface area contributed by atoms with Gasteiger partial charge >= 0.3 is 0 Å². The van der Waals surface area contributed by atoms with Crippen LogP contribution in [0.5, 0.6) is 0 Å². The Balaban J connectivity index is 0.807. The highest BCUT2D eigenvalue weighted by molar-refractivity contribution is 5.26. The molecule has 9 rings (SSSR count). The molecule has 1 unspecified atom stereocenters. The second kappa shape index (κ2) is 17.3. The molecular weight excluding hydrogens is 812 g/mol. The third kappa shape index (κ3) is 7.49. The molecule has 9 N–H and O–H groups in total. The first-order chi connectivity index (χ1) is 29.4. The van der Waals surface area contributed by atoms with Gasteiger partial charge in [-0.25, -0.2) is 0 Å². The summed E-state index contributed by atoms with van der Waals surface area (Å²) in [5, 5.41) is 95.5. The van der Waals surface area contributed by atoms with E-state index in [0.717, 1.165) is 45.1 Å². The van der Waals surface area contributed by atoms with Crippen molar-refractivity contribution in [3.8, 4) is 0 Å². The van der Waals surface area contributed by atoms with Crippen LogP contribution in [0.4, 0.5) is 0 Å². The molecule has 0 aromatic rings. The highest BCUT2D eigenvalue weighted by atomic mass is 16.8. The first kappa shape index (κ1) is 46.2. The number of ether oxygens (including phenoxy) is 8. The molecule has 17 nitrogen and oxygen atoms in total. The van der Waals surface area contributed by atoms with Crippen molar-refractivity contribution in [1.29, 1.82) is 0 Å². The lowest BCUT2D eigenvalue weighted by Gasteiger charge is -2.58. The Hall–Kier alpha value is -0.940. The first-order valence-corrected chi connectivity index (χ1v) is 23.4. The number of fused-ring (bicyclic) bond motifs is 7. The van der Waals surface area contributed by atoms with Crippen LogP contribution in [0.25, 0.3) is 0 Å². The minimum absolute atomic E-state index is 0.0255.